The van der Waals surface area contributed by atoms with Gasteiger partial charge in [0.2, 0.25) is 0 Å². The standard InChI is InChI=1S/C27H28F3N9O2.ClH/c1-32-26(40)15-8-19(28)24(21(9-15)41-2)25-33-6-5-22(37-25)36-23-10-20(38-7-3-4-17(31)14-38)18(12-34-23)16-11-35-39(13-16)27(29)30;/h5-6,8-13,17,27H,3-4,7,14,31H2,1-2H3,(H,32,40)(H,33,34,36,37);1H/t17-;/m0./s1. The van der Waals surface area contributed by atoms with Gasteiger partial charge in [0, 0.05) is 73.2 Å². The molecule has 0 unspecified atom stereocenters. The van der Waals surface area contributed by atoms with Gasteiger partial charge in [-0.1, -0.05) is 0 Å². The van der Waals surface area contributed by atoms with Gasteiger partial charge in [0.15, 0.2) is 5.82 Å². The number of nitrogens with one attached hydrogen (secondary N) is 2. The van der Waals surface area contributed by atoms with Gasteiger partial charge >= 0.3 is 6.55 Å². The molecule has 0 saturated carbocycles. The summed E-state index contributed by atoms with van der Waals surface area (Å²) in [7, 11) is 2.80. The Morgan fingerprint density at radius 1 is 1.19 bits per heavy atom. The molecule has 222 valence electrons. The summed E-state index contributed by atoms with van der Waals surface area (Å²) >= 11 is 0. The maximum absolute atomic E-state index is 15.1. The zero-order valence-corrected chi connectivity index (χ0v) is 23.5. The van der Waals surface area contributed by atoms with E-state index in [2.05, 4.69) is 35.6 Å². The number of aromatic nitrogens is 5. The van der Waals surface area contributed by atoms with Crippen molar-refractivity contribution in [2.24, 2.45) is 5.73 Å². The molecule has 0 spiro atoms. The predicted molar refractivity (Wildman–Crippen MR) is 154 cm³/mol. The van der Waals surface area contributed by atoms with Crippen LogP contribution in [0, 0.1) is 5.82 Å². The van der Waals surface area contributed by atoms with Crippen molar-refractivity contribution < 1.29 is 22.7 Å². The van der Waals surface area contributed by atoms with Gasteiger partial charge in [0.1, 0.15) is 23.2 Å². The molecule has 0 aliphatic carbocycles. The Labute approximate surface area is 245 Å². The third-order valence-electron chi connectivity index (χ3n) is 6.69. The van der Waals surface area contributed by atoms with Crippen LogP contribution in [-0.2, 0) is 0 Å². The summed E-state index contributed by atoms with van der Waals surface area (Å²) in [6, 6.07) is 5.84. The Morgan fingerprint density at radius 3 is 2.69 bits per heavy atom. The van der Waals surface area contributed by atoms with Crippen molar-refractivity contribution in [2.75, 3.05) is 37.5 Å². The van der Waals surface area contributed by atoms with Gasteiger partial charge < -0.3 is 26.0 Å². The number of pyridine rings is 1. The topological polar surface area (TPSA) is 136 Å². The molecule has 4 aromatic rings. The van der Waals surface area contributed by atoms with Gasteiger partial charge in [-0.05, 0) is 31.0 Å². The number of nitrogens with zero attached hydrogens (tertiary/aromatic N) is 6. The number of ether oxygens (including phenoxy) is 1. The Balaban J connectivity index is 0.00000405. The lowest BCUT2D eigenvalue weighted by Gasteiger charge is -2.34. The minimum absolute atomic E-state index is 0. The van der Waals surface area contributed by atoms with Crippen LogP contribution in [0.3, 0.4) is 0 Å². The predicted octanol–water partition coefficient (Wildman–Crippen LogP) is 4.40. The number of anilines is 3. The number of halogens is 4. The second kappa shape index (κ2) is 13.0. The quantitative estimate of drug-likeness (QED) is 0.268. The maximum Gasteiger partial charge on any atom is 0.333 e. The minimum atomic E-state index is -2.76. The van der Waals surface area contributed by atoms with Crippen molar-refractivity contribution in [1.82, 2.24) is 30.0 Å². The Bertz CT molecular complexity index is 1570. The zero-order chi connectivity index (χ0) is 29.1. The zero-order valence-electron chi connectivity index (χ0n) is 22.7. The molecule has 15 heteroatoms. The number of hydrogen-bond acceptors (Lipinski definition) is 9. The molecule has 42 heavy (non-hydrogen) atoms. The molecule has 5 rings (SSSR count). The lowest BCUT2D eigenvalue weighted by molar-refractivity contribution is 0.0566. The van der Waals surface area contributed by atoms with Crippen LogP contribution < -0.4 is 26.0 Å². The summed E-state index contributed by atoms with van der Waals surface area (Å²) in [6.07, 6.45) is 7.44. The molecule has 3 aromatic heterocycles. The molecule has 1 fully saturated rings. The number of alkyl halides is 2. The Kier molecular flexibility index (Phi) is 9.48. The molecule has 1 aliphatic rings. The van der Waals surface area contributed by atoms with Crippen LogP contribution in [0.5, 0.6) is 5.75 Å². The van der Waals surface area contributed by atoms with E-state index in [0.717, 1.165) is 31.1 Å². The van der Waals surface area contributed by atoms with Crippen LogP contribution in [0.4, 0.5) is 30.5 Å². The van der Waals surface area contributed by atoms with Gasteiger partial charge in [-0.15, -0.1) is 12.4 Å². The minimum Gasteiger partial charge on any atom is -0.496 e. The number of piperidine rings is 1. The molecule has 4 heterocycles. The first kappa shape index (κ1) is 30.5. The van der Waals surface area contributed by atoms with Crippen LogP contribution in [0.15, 0.2) is 49.1 Å². The van der Waals surface area contributed by atoms with Crippen LogP contribution in [0.25, 0.3) is 22.5 Å². The second-order valence-electron chi connectivity index (χ2n) is 9.43. The number of carbonyl (C=O) groups excluding carboxylic acids is 1. The fraction of sp³-hybridized carbons (Fsp3) is 0.296. The number of carbonyl (C=O) groups is 1. The molecule has 1 amide bonds. The third-order valence-corrected chi connectivity index (χ3v) is 6.69. The molecular weight excluding hydrogens is 575 g/mol. The monoisotopic (exact) mass is 603 g/mol. The molecule has 1 aliphatic heterocycles. The molecule has 4 N–H and O–H groups in total. The van der Waals surface area contributed by atoms with Crippen LogP contribution in [0.2, 0.25) is 0 Å². The van der Waals surface area contributed by atoms with Crippen molar-refractivity contribution >= 4 is 35.6 Å². The summed E-state index contributed by atoms with van der Waals surface area (Å²) < 4.78 is 47.5. The lowest BCUT2D eigenvalue weighted by atomic mass is 10.0. The Hall–Kier alpha value is -4.43. The summed E-state index contributed by atoms with van der Waals surface area (Å²) in [4.78, 5) is 27.2. The maximum atomic E-state index is 15.1. The van der Waals surface area contributed by atoms with Gasteiger partial charge in [-0.25, -0.2) is 24.0 Å². The van der Waals surface area contributed by atoms with E-state index in [1.807, 2.05) is 0 Å². The van der Waals surface area contributed by atoms with E-state index in [-0.39, 0.29) is 41.1 Å². The number of amides is 1. The SMILES string of the molecule is CNC(=O)c1cc(F)c(-c2nccc(Nc3cc(N4CCC[C@H](N)C4)c(-c4cnn(C(F)F)c4)cn3)n2)c(OC)c1.Cl. The van der Waals surface area contributed by atoms with E-state index in [9.17, 15) is 13.6 Å². The first-order chi connectivity index (χ1) is 19.8. The van der Waals surface area contributed by atoms with Gasteiger partial charge in [-0.3, -0.25) is 4.79 Å². The lowest BCUT2D eigenvalue weighted by Crippen LogP contribution is -2.43. The summed E-state index contributed by atoms with van der Waals surface area (Å²) in [6.45, 7) is -1.45. The molecular formula is C27H29ClF3N9O2. The van der Waals surface area contributed by atoms with Crippen molar-refractivity contribution in [3.63, 3.8) is 0 Å². The Morgan fingerprint density at radius 2 is 2.00 bits per heavy atom. The van der Waals surface area contributed by atoms with Crippen LogP contribution in [0.1, 0.15) is 29.7 Å². The third kappa shape index (κ3) is 6.39. The number of nitrogens with two attached hydrogens (primary N) is 1. The number of benzene rings is 1. The number of hydrogen-bond donors (Lipinski definition) is 3. The highest BCUT2D eigenvalue weighted by Crippen LogP contribution is 2.36. The van der Waals surface area contributed by atoms with E-state index in [4.69, 9.17) is 10.5 Å². The smallest absolute Gasteiger partial charge is 0.333 e. The second-order valence-corrected chi connectivity index (χ2v) is 9.43. The first-order valence-electron chi connectivity index (χ1n) is 12.8. The molecule has 11 nitrogen and oxygen atoms in total. The van der Waals surface area contributed by atoms with Crippen molar-refractivity contribution in [2.45, 2.75) is 25.4 Å². The van der Waals surface area contributed by atoms with Crippen molar-refractivity contribution in [3.8, 4) is 28.3 Å². The van der Waals surface area contributed by atoms with Gasteiger partial charge in [0.05, 0.1) is 18.9 Å². The highest BCUT2D eigenvalue weighted by atomic mass is 35.5. The van der Waals surface area contributed by atoms with E-state index in [0.29, 0.717) is 34.0 Å². The summed E-state index contributed by atoms with van der Waals surface area (Å²) in [5.74, 6) is -0.334. The fourth-order valence-electron chi connectivity index (χ4n) is 4.72. The van der Waals surface area contributed by atoms with Gasteiger partial charge in [-0.2, -0.15) is 13.9 Å². The normalized spacial score (nSPS) is 14.8. The van der Waals surface area contributed by atoms with Crippen LogP contribution >= 0.6 is 12.4 Å². The largest absolute Gasteiger partial charge is 0.496 e. The molecule has 1 aromatic carbocycles. The van der Waals surface area contributed by atoms with E-state index in [1.165, 1.54) is 38.8 Å². The van der Waals surface area contributed by atoms with Crippen molar-refractivity contribution in [3.05, 3.63) is 60.4 Å². The average Bonchev–Trinajstić information content (AvgIpc) is 3.47. The van der Waals surface area contributed by atoms with E-state index in [1.54, 1.807) is 18.3 Å². The highest BCUT2D eigenvalue weighted by Gasteiger charge is 2.23. The van der Waals surface area contributed by atoms with E-state index < -0.39 is 18.3 Å². The first-order valence-corrected chi connectivity index (χ1v) is 12.8. The van der Waals surface area contributed by atoms with Crippen LogP contribution in [-0.4, -0.2) is 63.9 Å². The molecule has 1 saturated heterocycles. The average molecular weight is 604 g/mol. The summed E-state index contributed by atoms with van der Waals surface area (Å²) in [5, 5.41) is 9.33. The number of methoxy groups -OCH3 is 1. The van der Waals surface area contributed by atoms with Crippen molar-refractivity contribution in [1.29, 1.82) is 0 Å². The summed E-state index contributed by atoms with van der Waals surface area (Å²) in [5.41, 5.74) is 8.18. The fourth-order valence-corrected chi connectivity index (χ4v) is 4.72. The number of rotatable bonds is 8. The molecule has 1 atom stereocenters. The molecule has 0 bridgehead atoms. The van der Waals surface area contributed by atoms with E-state index >= 15 is 4.39 Å². The molecule has 0 radical (unpaired) electrons. The highest BCUT2D eigenvalue weighted by molar-refractivity contribution is 5.95. The van der Waals surface area contributed by atoms with Gasteiger partial charge in [0.25, 0.3) is 5.91 Å².